The monoisotopic (exact) mass is 460 g/mol. The van der Waals surface area contributed by atoms with Gasteiger partial charge >= 0.3 is 14.8 Å². The van der Waals surface area contributed by atoms with E-state index in [4.69, 9.17) is 18.0 Å². The summed E-state index contributed by atoms with van der Waals surface area (Å²) >= 11 is 1.61. The molecule has 176 valence electrons. The molecule has 0 spiro atoms. The van der Waals surface area contributed by atoms with Crippen molar-refractivity contribution in [2.75, 3.05) is 32.2 Å². The van der Waals surface area contributed by atoms with E-state index in [9.17, 15) is 4.79 Å². The van der Waals surface area contributed by atoms with Crippen LogP contribution < -0.4 is 0 Å². The zero-order chi connectivity index (χ0) is 23.0. The summed E-state index contributed by atoms with van der Waals surface area (Å²) in [7, 11) is -2.61. The number of carbonyl (C=O) groups excluding carboxylic acids is 1. The lowest BCUT2D eigenvalue weighted by Crippen LogP contribution is -2.46. The van der Waals surface area contributed by atoms with Gasteiger partial charge in [0.15, 0.2) is 0 Å². The highest BCUT2D eigenvalue weighted by atomic mass is 32.2. The molecule has 0 aliphatic heterocycles. The van der Waals surface area contributed by atoms with Gasteiger partial charge in [-0.3, -0.25) is 4.79 Å². The fourth-order valence-electron chi connectivity index (χ4n) is 2.80. The van der Waals surface area contributed by atoms with Crippen LogP contribution >= 0.6 is 11.8 Å². The molecule has 0 aromatic rings. The van der Waals surface area contributed by atoms with Crippen molar-refractivity contribution in [3.63, 3.8) is 0 Å². The van der Waals surface area contributed by atoms with Crippen LogP contribution in [0.25, 0.3) is 0 Å². The molecule has 0 amide bonds. The third-order valence-electron chi connectivity index (χ3n) is 4.41. The largest absolute Gasteiger partial charge is 0.500 e. The highest BCUT2D eigenvalue weighted by Gasteiger charge is 2.40. The number of allylic oxidation sites excluding steroid dienone is 3. The first-order chi connectivity index (χ1) is 14.1. The summed E-state index contributed by atoms with van der Waals surface area (Å²) in [6, 6.07) is 0.758. The second-order valence-electron chi connectivity index (χ2n) is 7.91. The molecular formula is C23H44O5SSi. The SMILES string of the molecule is CCO[Si](CCCSC(C)(C)C(=O)OC/C=C(\C)CCC=C(C)C)(OCC)OCC. The second kappa shape index (κ2) is 16.1. The van der Waals surface area contributed by atoms with Crippen LogP contribution in [0.5, 0.6) is 0 Å². The number of hydrogen-bond acceptors (Lipinski definition) is 6. The minimum Gasteiger partial charge on any atom is -0.460 e. The van der Waals surface area contributed by atoms with Gasteiger partial charge in [-0.15, -0.1) is 11.8 Å². The average Bonchev–Trinajstić information content (AvgIpc) is 2.65. The van der Waals surface area contributed by atoms with Crippen LogP contribution in [-0.2, 0) is 22.8 Å². The Kier molecular flexibility index (Phi) is 15.8. The minimum absolute atomic E-state index is 0.177. The Morgan fingerprint density at radius 1 is 0.967 bits per heavy atom. The molecule has 30 heavy (non-hydrogen) atoms. The molecule has 0 unspecified atom stereocenters. The molecule has 0 bridgehead atoms. The first-order valence-electron chi connectivity index (χ1n) is 11.1. The van der Waals surface area contributed by atoms with Gasteiger partial charge in [0.2, 0.25) is 0 Å². The average molecular weight is 461 g/mol. The van der Waals surface area contributed by atoms with Gasteiger partial charge in [0.1, 0.15) is 11.4 Å². The molecule has 0 aromatic carbocycles. The van der Waals surface area contributed by atoms with Crippen molar-refractivity contribution in [3.05, 3.63) is 23.3 Å². The summed E-state index contributed by atoms with van der Waals surface area (Å²) in [5, 5.41) is 0. The molecule has 0 radical (unpaired) electrons. The molecule has 0 fully saturated rings. The third-order valence-corrected chi connectivity index (χ3v) is 8.94. The maximum atomic E-state index is 12.5. The fraction of sp³-hybridized carbons (Fsp3) is 0.783. The topological polar surface area (TPSA) is 54.0 Å². The Morgan fingerprint density at radius 2 is 1.53 bits per heavy atom. The molecule has 0 aliphatic carbocycles. The molecule has 0 heterocycles. The maximum absolute atomic E-state index is 12.5. The molecule has 0 aliphatic rings. The van der Waals surface area contributed by atoms with Crippen molar-refractivity contribution in [2.24, 2.45) is 0 Å². The van der Waals surface area contributed by atoms with Gasteiger partial charge in [0, 0.05) is 25.9 Å². The molecule has 0 N–H and O–H groups in total. The summed E-state index contributed by atoms with van der Waals surface area (Å²) < 4.78 is 22.6. The molecule has 5 nitrogen and oxygen atoms in total. The highest BCUT2D eigenvalue weighted by Crippen LogP contribution is 2.29. The Bertz CT molecular complexity index is 525. The van der Waals surface area contributed by atoms with E-state index in [-0.39, 0.29) is 5.97 Å². The van der Waals surface area contributed by atoms with E-state index in [1.165, 1.54) is 11.1 Å². The van der Waals surface area contributed by atoms with Gasteiger partial charge in [0.25, 0.3) is 0 Å². The van der Waals surface area contributed by atoms with Crippen LogP contribution in [0, 0.1) is 0 Å². The predicted octanol–water partition coefficient (Wildman–Crippen LogP) is 6.17. The van der Waals surface area contributed by atoms with Crippen molar-refractivity contribution in [1.29, 1.82) is 0 Å². The van der Waals surface area contributed by atoms with E-state index in [0.29, 0.717) is 26.4 Å². The van der Waals surface area contributed by atoms with Crippen molar-refractivity contribution in [3.8, 4) is 0 Å². The number of hydrogen-bond donors (Lipinski definition) is 0. The molecule has 0 atom stereocenters. The first-order valence-corrected chi connectivity index (χ1v) is 14.1. The van der Waals surface area contributed by atoms with Crippen LogP contribution in [0.2, 0.25) is 6.04 Å². The van der Waals surface area contributed by atoms with Crippen LogP contribution in [0.1, 0.15) is 74.7 Å². The van der Waals surface area contributed by atoms with E-state index in [1.807, 2.05) is 40.7 Å². The molecule has 0 saturated heterocycles. The van der Waals surface area contributed by atoms with Crippen molar-refractivity contribution in [2.45, 2.75) is 85.4 Å². The zero-order valence-electron chi connectivity index (χ0n) is 20.5. The number of ether oxygens (including phenoxy) is 1. The summed E-state index contributed by atoms with van der Waals surface area (Å²) in [6.07, 6.45) is 7.12. The lowest BCUT2D eigenvalue weighted by molar-refractivity contribution is -0.144. The standard InChI is InChI=1S/C23H44O5SSi/c1-9-26-30(27-10-2,28-11-3)19-13-18-29-23(7,8)22(24)25-17-16-21(6)15-12-14-20(4)5/h14,16H,9-13,15,17-19H2,1-8H3/b21-16+. The van der Waals surface area contributed by atoms with Crippen LogP contribution in [0.3, 0.4) is 0 Å². The Balaban J connectivity index is 4.45. The molecular weight excluding hydrogens is 416 g/mol. The summed E-state index contributed by atoms with van der Waals surface area (Å²) in [5.74, 6) is 0.644. The fourth-order valence-corrected chi connectivity index (χ4v) is 6.64. The van der Waals surface area contributed by atoms with Crippen LogP contribution in [-0.4, -0.2) is 51.7 Å². The maximum Gasteiger partial charge on any atom is 0.500 e. The van der Waals surface area contributed by atoms with Crippen molar-refractivity contribution >= 4 is 26.5 Å². The normalized spacial score (nSPS) is 12.7. The number of esters is 1. The quantitative estimate of drug-likeness (QED) is 0.112. The zero-order valence-corrected chi connectivity index (χ0v) is 22.3. The predicted molar refractivity (Wildman–Crippen MR) is 130 cm³/mol. The van der Waals surface area contributed by atoms with Crippen LogP contribution in [0.15, 0.2) is 23.3 Å². The van der Waals surface area contributed by atoms with Crippen molar-refractivity contribution in [1.82, 2.24) is 0 Å². The van der Waals surface area contributed by atoms with Crippen LogP contribution in [0.4, 0.5) is 0 Å². The Hall–Kier alpha value is -0.603. The first kappa shape index (κ1) is 29.4. The lowest BCUT2D eigenvalue weighted by Gasteiger charge is -2.29. The summed E-state index contributed by atoms with van der Waals surface area (Å²) in [5.41, 5.74) is 2.58. The number of carbonyl (C=O) groups is 1. The van der Waals surface area contributed by atoms with E-state index in [0.717, 1.165) is 31.1 Å². The van der Waals surface area contributed by atoms with Gasteiger partial charge < -0.3 is 18.0 Å². The van der Waals surface area contributed by atoms with E-state index < -0.39 is 13.6 Å². The van der Waals surface area contributed by atoms with Gasteiger partial charge in [-0.2, -0.15) is 0 Å². The second-order valence-corrected chi connectivity index (χ2v) is 12.4. The minimum atomic E-state index is -2.61. The van der Waals surface area contributed by atoms with Gasteiger partial charge in [-0.25, -0.2) is 0 Å². The summed E-state index contributed by atoms with van der Waals surface area (Å²) in [4.78, 5) is 12.5. The Labute approximate surface area is 190 Å². The van der Waals surface area contributed by atoms with E-state index in [1.54, 1.807) is 11.8 Å². The number of thioether (sulfide) groups is 1. The molecule has 0 rings (SSSR count). The van der Waals surface area contributed by atoms with E-state index in [2.05, 4.69) is 26.8 Å². The molecule has 0 aromatic heterocycles. The van der Waals surface area contributed by atoms with Gasteiger partial charge in [-0.1, -0.05) is 17.2 Å². The smallest absolute Gasteiger partial charge is 0.460 e. The highest BCUT2D eigenvalue weighted by molar-refractivity contribution is 8.01. The van der Waals surface area contributed by atoms with E-state index >= 15 is 0 Å². The van der Waals surface area contributed by atoms with Gasteiger partial charge in [-0.05, 0) is 86.5 Å². The Morgan fingerprint density at radius 3 is 2.03 bits per heavy atom. The lowest BCUT2D eigenvalue weighted by atomic mass is 10.1. The van der Waals surface area contributed by atoms with Crippen molar-refractivity contribution < 1.29 is 22.8 Å². The summed E-state index contributed by atoms with van der Waals surface area (Å²) in [6.45, 7) is 18.1. The molecule has 7 heteroatoms. The molecule has 0 saturated carbocycles. The van der Waals surface area contributed by atoms with Gasteiger partial charge in [0.05, 0.1) is 0 Å². The third kappa shape index (κ3) is 12.9. The number of rotatable bonds is 17.